The van der Waals surface area contributed by atoms with Crippen molar-refractivity contribution in [3.63, 3.8) is 0 Å². The van der Waals surface area contributed by atoms with E-state index < -0.39 is 115 Å². The summed E-state index contributed by atoms with van der Waals surface area (Å²) < 4.78 is 5.59. The first-order valence-electron chi connectivity index (χ1n) is 19.3. The summed E-state index contributed by atoms with van der Waals surface area (Å²) in [4.78, 5) is 110. The van der Waals surface area contributed by atoms with Gasteiger partial charge in [0.1, 0.15) is 18.4 Å². The van der Waals surface area contributed by atoms with Crippen molar-refractivity contribution in [2.75, 3.05) is 5.75 Å². The average Bonchev–Trinajstić information content (AvgIpc) is 3.24. The number of thiol groups is 1. The Morgan fingerprint density at radius 3 is 1.93 bits per heavy atom. The average molecular weight is 864 g/mol. The van der Waals surface area contributed by atoms with E-state index in [0.29, 0.717) is 11.1 Å². The minimum atomic E-state index is -3.48. The smallest absolute Gasteiger partial charge is 0.338 e. The van der Waals surface area contributed by atoms with Gasteiger partial charge in [-0.3, -0.25) is 39.0 Å². The summed E-state index contributed by atoms with van der Waals surface area (Å²) in [5.41, 5.74) is 21.0. The molecule has 0 bridgehead atoms. The lowest BCUT2D eigenvalue weighted by Crippen LogP contribution is -2.73. The second kappa shape index (κ2) is 23.0. The zero-order chi connectivity index (χ0) is 45.4. The van der Waals surface area contributed by atoms with Crippen LogP contribution in [0.2, 0.25) is 0 Å². The van der Waals surface area contributed by atoms with Gasteiger partial charge in [0.15, 0.2) is 5.78 Å². The van der Waals surface area contributed by atoms with Crippen LogP contribution in [0.25, 0.3) is 0 Å². The summed E-state index contributed by atoms with van der Waals surface area (Å²) in [7, 11) is 0. The number of carboxylic acids is 1. The Balaban J connectivity index is 2.19. The normalized spacial score (nSPS) is 15.0. The molecule has 0 aliphatic carbocycles. The number of benzene rings is 3. The van der Waals surface area contributed by atoms with Gasteiger partial charge in [-0.1, -0.05) is 93.1 Å². The predicted octanol–water partition coefficient (Wildman–Crippen LogP) is 0.382. The zero-order valence-corrected chi connectivity index (χ0v) is 34.7. The van der Waals surface area contributed by atoms with E-state index >= 15 is 4.79 Å². The number of rotatable bonds is 24. The lowest BCUT2D eigenvalue weighted by molar-refractivity contribution is -0.174. The largest absolute Gasteiger partial charge is 0.508 e. The van der Waals surface area contributed by atoms with E-state index in [1.54, 1.807) is 67.6 Å². The van der Waals surface area contributed by atoms with Gasteiger partial charge < -0.3 is 43.2 Å². The minimum absolute atomic E-state index is 0.00338. The molecule has 61 heavy (non-hydrogen) atoms. The monoisotopic (exact) mass is 863 g/mol. The number of nitrogens with one attached hydrogen (secondary N) is 2. The van der Waals surface area contributed by atoms with E-state index in [-0.39, 0.29) is 35.0 Å². The van der Waals surface area contributed by atoms with Crippen LogP contribution in [-0.2, 0) is 56.1 Å². The molecule has 3 aromatic rings. The number of aromatic hydroxyl groups is 1. The van der Waals surface area contributed by atoms with Crippen LogP contribution < -0.4 is 33.6 Å². The first kappa shape index (κ1) is 49.2. The number of nitrogens with zero attached hydrogens (tertiary/aromatic N) is 1. The second-order valence-corrected chi connectivity index (χ2v) is 14.8. The fraction of sp³-hybridized carbons (Fsp3) is 0.381. The van der Waals surface area contributed by atoms with Gasteiger partial charge in [-0.25, -0.2) is 9.59 Å². The van der Waals surface area contributed by atoms with Gasteiger partial charge in [-0.05, 0) is 47.6 Å². The number of aliphatic carboxylic acids is 1. The molecule has 0 fully saturated rings. The van der Waals surface area contributed by atoms with Crippen molar-refractivity contribution >= 4 is 59.9 Å². The third-order valence-electron chi connectivity index (χ3n) is 10.0. The van der Waals surface area contributed by atoms with E-state index in [2.05, 4.69) is 23.3 Å². The van der Waals surface area contributed by atoms with Crippen LogP contribution in [0.3, 0.4) is 0 Å². The number of primary amides is 2. The van der Waals surface area contributed by atoms with E-state index in [0.717, 1.165) is 0 Å². The van der Waals surface area contributed by atoms with Gasteiger partial charge in [0.2, 0.25) is 35.1 Å². The first-order chi connectivity index (χ1) is 28.9. The molecular formula is C42H53N7O11S. The Labute approximate surface area is 358 Å². The number of carbonyl (C=O) groups excluding carboxylic acids is 7. The molecule has 0 spiro atoms. The van der Waals surface area contributed by atoms with Gasteiger partial charge in [-0.15, -0.1) is 0 Å². The van der Waals surface area contributed by atoms with Crippen molar-refractivity contribution in [3.8, 4) is 5.75 Å². The topological polar surface area (TPSA) is 318 Å². The van der Waals surface area contributed by atoms with E-state index in [1.807, 2.05) is 0 Å². The fourth-order valence-corrected chi connectivity index (χ4v) is 6.60. The first-order valence-corrected chi connectivity index (χ1v) is 19.9. The van der Waals surface area contributed by atoms with Gasteiger partial charge >= 0.3 is 11.9 Å². The lowest BCUT2D eigenvalue weighted by atomic mass is 9.80. The summed E-state index contributed by atoms with van der Waals surface area (Å²) in [6, 6.07) is 14.1. The number of amides is 5. The highest BCUT2D eigenvalue weighted by molar-refractivity contribution is 7.80. The van der Waals surface area contributed by atoms with Crippen LogP contribution in [0.5, 0.6) is 5.75 Å². The maximum Gasteiger partial charge on any atom is 0.338 e. The molecular weight excluding hydrogens is 811 g/mol. The SMILES string of the molecule is CCC(C)C(N)C(=O)N(C(=O)C(N)CCC(N)=O)C(CC(N)=O)(C(=O)O)C(=O)C(Cc1ccc(O)cc1)NC(=O)C(CS)NC(C(=O)OCc1ccccc1)c1ccccc1. The number of esters is 1. The van der Waals surface area contributed by atoms with Crippen LogP contribution in [0.4, 0.5) is 0 Å². The molecule has 0 radical (unpaired) electrons. The number of phenolic OH excluding ortho intramolecular Hbond substituents is 1. The second-order valence-electron chi connectivity index (χ2n) is 14.5. The van der Waals surface area contributed by atoms with Crippen molar-refractivity contribution in [1.82, 2.24) is 15.5 Å². The molecule has 3 aromatic carbocycles. The van der Waals surface area contributed by atoms with Crippen LogP contribution in [0.15, 0.2) is 84.9 Å². The van der Waals surface area contributed by atoms with Gasteiger partial charge in [0.25, 0.3) is 0 Å². The molecule has 0 aliphatic rings. The Bertz CT molecular complexity index is 2020. The molecule has 5 amide bonds. The predicted molar refractivity (Wildman–Crippen MR) is 225 cm³/mol. The zero-order valence-electron chi connectivity index (χ0n) is 33.8. The van der Waals surface area contributed by atoms with E-state index in [1.165, 1.54) is 31.2 Å². The van der Waals surface area contributed by atoms with Gasteiger partial charge in [0.05, 0.1) is 30.6 Å². The third kappa shape index (κ3) is 13.2. The van der Waals surface area contributed by atoms with Crippen molar-refractivity contribution in [1.29, 1.82) is 0 Å². The van der Waals surface area contributed by atoms with Crippen LogP contribution in [0, 0.1) is 5.92 Å². The minimum Gasteiger partial charge on any atom is -0.508 e. The number of nitrogens with two attached hydrogens (primary N) is 4. The van der Waals surface area contributed by atoms with E-state index in [4.69, 9.17) is 27.7 Å². The van der Waals surface area contributed by atoms with Crippen molar-refractivity contribution in [2.45, 2.75) is 88.3 Å². The Morgan fingerprint density at radius 2 is 1.41 bits per heavy atom. The number of carbonyl (C=O) groups is 8. The van der Waals surface area contributed by atoms with Gasteiger partial charge in [0, 0.05) is 12.2 Å². The summed E-state index contributed by atoms with van der Waals surface area (Å²) in [6.07, 6.45) is -2.78. The summed E-state index contributed by atoms with van der Waals surface area (Å²) >= 11 is 4.33. The molecule has 7 atom stereocenters. The molecule has 3 rings (SSSR count). The van der Waals surface area contributed by atoms with E-state index in [9.17, 15) is 43.8 Å². The molecule has 0 aliphatic heterocycles. The number of imide groups is 1. The maximum atomic E-state index is 15.2. The maximum absolute atomic E-state index is 15.2. The molecule has 0 saturated heterocycles. The molecule has 18 nitrogen and oxygen atoms in total. The number of carboxylic acid groups (broad SMARTS) is 1. The molecule has 12 N–H and O–H groups in total. The lowest BCUT2D eigenvalue weighted by Gasteiger charge is -2.42. The number of ketones is 1. The van der Waals surface area contributed by atoms with Crippen LogP contribution in [0.1, 0.15) is 62.3 Å². The third-order valence-corrected chi connectivity index (χ3v) is 10.4. The fourth-order valence-electron chi connectivity index (χ4n) is 6.33. The van der Waals surface area contributed by atoms with Crippen LogP contribution in [-0.4, -0.2) is 97.8 Å². The van der Waals surface area contributed by atoms with Crippen molar-refractivity contribution in [3.05, 3.63) is 102 Å². The number of hydrogen-bond donors (Lipinski definition) is 9. The number of hydrogen-bond acceptors (Lipinski definition) is 14. The molecule has 7 unspecified atom stereocenters. The Hall–Kier alpha value is -6.15. The highest BCUT2D eigenvalue weighted by atomic mass is 32.1. The van der Waals surface area contributed by atoms with Crippen molar-refractivity contribution < 1.29 is 53.3 Å². The summed E-state index contributed by atoms with van der Waals surface area (Å²) in [5.74, 6) is -12.0. The Morgan fingerprint density at radius 1 is 0.820 bits per heavy atom. The standard InChI is InChI=1S/C42H53N7O11S/c1-3-24(2)34(46)39(56)49(38(55)29(43)18-19-32(44)51)42(41(58)59,21-33(45)52)36(53)30(20-25-14-16-28(50)17-15-25)48-37(54)31(23-61)47-35(27-12-8-5-9-13-27)40(57)60-22-26-10-6-4-7-11-26/h4-17,24,29-31,34-35,47,50,61H,3,18-23,43,46H2,1-2H3,(H2,44,51)(H2,45,52)(H,48,54)(H,58,59). The van der Waals surface area contributed by atoms with Gasteiger partial charge in [-0.2, -0.15) is 12.6 Å². The molecule has 328 valence electrons. The molecule has 0 saturated carbocycles. The number of phenols is 1. The molecule has 0 aromatic heterocycles. The summed E-state index contributed by atoms with van der Waals surface area (Å²) in [6.45, 7) is 3.07. The summed E-state index contributed by atoms with van der Waals surface area (Å²) in [5, 5.41) is 26.4. The van der Waals surface area contributed by atoms with Crippen molar-refractivity contribution in [2.24, 2.45) is 28.9 Å². The molecule has 19 heteroatoms. The highest BCUT2D eigenvalue weighted by Gasteiger charge is 2.60. The Kier molecular flexibility index (Phi) is 18.6. The number of Topliss-reactive ketones (excluding diaryl/α,β-unsaturated/α-hetero) is 1. The highest BCUT2D eigenvalue weighted by Crippen LogP contribution is 2.29. The quantitative estimate of drug-likeness (QED) is 0.0334. The van der Waals surface area contributed by atoms with Crippen LogP contribution >= 0.6 is 12.6 Å². The molecule has 0 heterocycles. The number of ether oxygens (including phenoxy) is 1.